The van der Waals surface area contributed by atoms with E-state index >= 15 is 0 Å². The van der Waals surface area contributed by atoms with Gasteiger partial charge >= 0.3 is 14.6 Å². The highest BCUT2D eigenvalue weighted by atomic mass is 32.2. The Balaban J connectivity index is 1.80. The van der Waals surface area contributed by atoms with Crippen LogP contribution < -0.4 is 5.32 Å². The molecule has 0 bridgehead atoms. The van der Waals surface area contributed by atoms with Crippen LogP contribution in [0.15, 0.2) is 0 Å². The molecule has 2 N–H and O–H groups in total. The maximum atomic E-state index is 11.7. The second kappa shape index (κ2) is 21.0. The summed E-state index contributed by atoms with van der Waals surface area (Å²) >= 11 is 0. The van der Waals surface area contributed by atoms with Gasteiger partial charge in [-0.2, -0.15) is 0 Å². The van der Waals surface area contributed by atoms with Crippen LogP contribution in [0.5, 0.6) is 0 Å². The summed E-state index contributed by atoms with van der Waals surface area (Å²) in [5.74, 6) is 3.53. The zero-order chi connectivity index (χ0) is 21.7. The molecule has 0 aromatic rings. The number of unbranched alkanes of at least 4 members (excludes halogenated alkanes) is 8. The van der Waals surface area contributed by atoms with Crippen LogP contribution in [0.2, 0.25) is 0 Å². The Morgan fingerprint density at radius 2 is 1.47 bits per heavy atom. The molecular weight excluding hydrogens is 421 g/mol. The van der Waals surface area contributed by atoms with E-state index in [2.05, 4.69) is 12.2 Å². The van der Waals surface area contributed by atoms with Crippen LogP contribution in [0.25, 0.3) is 0 Å². The number of ether oxygens (including phenoxy) is 1. The Bertz CT molecular complexity index is 400. The molecule has 8 heteroatoms. The van der Waals surface area contributed by atoms with E-state index in [-0.39, 0.29) is 5.97 Å². The van der Waals surface area contributed by atoms with Gasteiger partial charge < -0.3 is 24.0 Å². The van der Waals surface area contributed by atoms with Gasteiger partial charge in [-0.25, -0.2) is 0 Å². The summed E-state index contributed by atoms with van der Waals surface area (Å²) < 4.78 is 15.9. The van der Waals surface area contributed by atoms with Crippen molar-refractivity contribution in [1.82, 2.24) is 5.32 Å². The van der Waals surface area contributed by atoms with E-state index in [0.29, 0.717) is 43.6 Å². The molecule has 0 amide bonds. The quantitative estimate of drug-likeness (QED) is 0.117. The van der Waals surface area contributed by atoms with Crippen LogP contribution in [0.3, 0.4) is 0 Å². The monoisotopic (exact) mass is 466 g/mol. The second-order valence-corrected chi connectivity index (χ2v) is 11.3. The van der Waals surface area contributed by atoms with Crippen LogP contribution in [0.4, 0.5) is 0 Å². The minimum atomic E-state index is -1.83. The predicted molar refractivity (Wildman–Crippen MR) is 128 cm³/mol. The highest BCUT2D eigenvalue weighted by Crippen LogP contribution is 2.33. The van der Waals surface area contributed by atoms with Gasteiger partial charge in [0.25, 0.3) is 0 Å². The molecule has 1 heterocycles. The third kappa shape index (κ3) is 17.7. The Labute approximate surface area is 188 Å². The summed E-state index contributed by atoms with van der Waals surface area (Å²) in [6.07, 6.45) is 13.2. The summed E-state index contributed by atoms with van der Waals surface area (Å²) in [5, 5.41) is 3.37. The first kappa shape index (κ1) is 28.1. The molecule has 1 aliphatic heterocycles. The molecule has 30 heavy (non-hydrogen) atoms. The van der Waals surface area contributed by atoms with Crippen LogP contribution in [-0.4, -0.2) is 61.0 Å². The fraction of sp³-hybridized carbons (Fsp3) is 0.955. The highest BCUT2D eigenvalue weighted by molar-refractivity contribution is 7.96. The van der Waals surface area contributed by atoms with Crippen molar-refractivity contribution in [2.75, 3.05) is 50.2 Å². The van der Waals surface area contributed by atoms with E-state index in [4.69, 9.17) is 13.8 Å². The van der Waals surface area contributed by atoms with Crippen molar-refractivity contribution in [1.29, 1.82) is 0 Å². The maximum absolute atomic E-state index is 11.7. The van der Waals surface area contributed by atoms with Crippen molar-refractivity contribution < 1.29 is 23.5 Å². The Morgan fingerprint density at radius 1 is 0.867 bits per heavy atom. The number of nitrogens with one attached hydrogen (secondary N) is 1. The normalized spacial score (nSPS) is 15.9. The lowest BCUT2D eigenvalue weighted by Gasteiger charge is -2.15. The lowest BCUT2D eigenvalue weighted by atomic mass is 10.1. The molecule has 1 atom stereocenters. The lowest BCUT2D eigenvalue weighted by molar-refractivity contribution is -0.144. The van der Waals surface area contributed by atoms with Crippen LogP contribution in [0, 0.1) is 0 Å². The van der Waals surface area contributed by atoms with Crippen molar-refractivity contribution in [3.05, 3.63) is 0 Å². The molecule has 1 saturated heterocycles. The molecule has 1 rings (SSSR count). The Kier molecular flexibility index (Phi) is 19.7. The van der Waals surface area contributed by atoms with Gasteiger partial charge in [-0.05, 0) is 23.7 Å². The molecule has 0 aliphatic carbocycles. The van der Waals surface area contributed by atoms with E-state index < -0.39 is 8.60 Å². The van der Waals surface area contributed by atoms with Crippen LogP contribution in [0.1, 0.15) is 84.0 Å². The zero-order valence-electron chi connectivity index (χ0n) is 19.1. The van der Waals surface area contributed by atoms with E-state index in [1.54, 1.807) is 0 Å². The topological polar surface area (TPSA) is 77.0 Å². The van der Waals surface area contributed by atoms with Gasteiger partial charge in [0.05, 0.1) is 19.8 Å². The predicted octanol–water partition coefficient (Wildman–Crippen LogP) is 4.70. The minimum Gasteiger partial charge on any atom is -0.466 e. The number of hydrogen-bond donors (Lipinski definition) is 2. The summed E-state index contributed by atoms with van der Waals surface area (Å²) in [6, 6.07) is 0. The average Bonchev–Trinajstić information content (AvgIpc) is 2.76. The van der Waals surface area contributed by atoms with Crippen molar-refractivity contribution >= 4 is 25.5 Å². The third-order valence-electron chi connectivity index (χ3n) is 5.15. The van der Waals surface area contributed by atoms with Gasteiger partial charge in [0.15, 0.2) is 0 Å². The number of carbonyl (C=O) groups is 1. The fourth-order valence-electron chi connectivity index (χ4n) is 3.34. The number of hydrogen-bond acceptors (Lipinski definition) is 6. The Morgan fingerprint density at radius 3 is 2.13 bits per heavy atom. The van der Waals surface area contributed by atoms with E-state index in [1.165, 1.54) is 62.2 Å². The van der Waals surface area contributed by atoms with Crippen molar-refractivity contribution in [2.45, 2.75) is 84.0 Å². The molecular formula is C22H45NO5PS+. The molecule has 0 aromatic heterocycles. The summed E-state index contributed by atoms with van der Waals surface area (Å²) in [7, 11) is -1.32. The minimum absolute atomic E-state index is 0.177. The number of esters is 1. The number of carbonyl (C=O) groups excluding carboxylic acids is 1. The summed E-state index contributed by atoms with van der Waals surface area (Å²) in [4.78, 5) is 21.5. The van der Waals surface area contributed by atoms with Gasteiger partial charge in [0.2, 0.25) is 0 Å². The summed E-state index contributed by atoms with van der Waals surface area (Å²) in [6.45, 7) is 5.88. The zero-order valence-corrected chi connectivity index (χ0v) is 20.8. The first-order chi connectivity index (χ1) is 14.7. The van der Waals surface area contributed by atoms with Gasteiger partial charge in [-0.1, -0.05) is 58.3 Å². The molecule has 0 saturated carbocycles. The van der Waals surface area contributed by atoms with Crippen molar-refractivity contribution in [3.63, 3.8) is 0 Å². The van der Waals surface area contributed by atoms with Gasteiger partial charge in [-0.3, -0.25) is 4.79 Å². The first-order valence-electron chi connectivity index (χ1n) is 12.0. The van der Waals surface area contributed by atoms with E-state index in [9.17, 15) is 9.69 Å². The van der Waals surface area contributed by atoms with Gasteiger partial charge in [-0.15, -0.1) is 0 Å². The SMILES string of the molecule is CCCCCCCCCCCOC(=O)CCCOP(O)OCCC[S+]1CCNCC1. The van der Waals surface area contributed by atoms with E-state index in [0.717, 1.165) is 32.4 Å². The molecule has 1 aliphatic rings. The van der Waals surface area contributed by atoms with Gasteiger partial charge in [0, 0.05) is 25.9 Å². The van der Waals surface area contributed by atoms with Crippen molar-refractivity contribution in [3.8, 4) is 0 Å². The van der Waals surface area contributed by atoms with Crippen molar-refractivity contribution in [2.24, 2.45) is 0 Å². The molecule has 0 aromatic carbocycles. The van der Waals surface area contributed by atoms with Crippen LogP contribution in [-0.2, 0) is 29.5 Å². The van der Waals surface area contributed by atoms with Crippen LogP contribution >= 0.6 is 8.60 Å². The molecule has 178 valence electrons. The standard InChI is InChI=1S/C22H45NO5PS/c1-2-3-4-5-6-7-8-9-10-16-26-22(24)13-11-17-27-29(25)28-18-12-19-30-20-14-23-15-21-30/h23,25H,2-21H2,1H3/q+1. The maximum Gasteiger partial charge on any atom is 0.329 e. The number of rotatable bonds is 20. The molecule has 1 fully saturated rings. The smallest absolute Gasteiger partial charge is 0.329 e. The second-order valence-electron chi connectivity index (χ2n) is 7.89. The third-order valence-corrected chi connectivity index (χ3v) is 8.39. The summed E-state index contributed by atoms with van der Waals surface area (Å²) in [5.41, 5.74) is 0. The largest absolute Gasteiger partial charge is 0.466 e. The molecule has 0 radical (unpaired) electrons. The first-order valence-corrected chi connectivity index (χ1v) is 14.8. The molecule has 6 nitrogen and oxygen atoms in total. The fourth-order valence-corrected chi connectivity index (χ4v) is 5.99. The molecule has 1 unspecified atom stereocenters. The van der Waals surface area contributed by atoms with Gasteiger partial charge in [0.1, 0.15) is 17.3 Å². The average molecular weight is 467 g/mol. The highest BCUT2D eigenvalue weighted by Gasteiger charge is 2.20. The lowest BCUT2D eigenvalue weighted by Crippen LogP contribution is -2.37. The molecule has 0 spiro atoms. The van der Waals surface area contributed by atoms with E-state index in [1.807, 2.05) is 0 Å². The Hall–Kier alpha value is 0.0900.